The van der Waals surface area contributed by atoms with Gasteiger partial charge in [-0.2, -0.15) is 0 Å². The van der Waals surface area contributed by atoms with Crippen LogP contribution in [0.3, 0.4) is 0 Å². The molecule has 0 aliphatic heterocycles. The Morgan fingerprint density at radius 2 is 2.40 bits per heavy atom. The SMILES string of the molecule is COCCn1c(C)cnc1CCNC(=O)c1ccco1. The van der Waals surface area contributed by atoms with E-state index in [0.717, 1.165) is 18.1 Å². The lowest BCUT2D eigenvalue weighted by Crippen LogP contribution is -2.26. The molecule has 0 atom stereocenters. The molecule has 0 fully saturated rings. The highest BCUT2D eigenvalue weighted by Gasteiger charge is 2.10. The second-order valence-corrected chi connectivity index (χ2v) is 4.44. The number of hydrogen-bond acceptors (Lipinski definition) is 4. The van der Waals surface area contributed by atoms with Gasteiger partial charge in [0.1, 0.15) is 5.82 Å². The first-order valence-electron chi connectivity index (χ1n) is 6.54. The minimum absolute atomic E-state index is 0.207. The number of carbonyl (C=O) groups excluding carboxylic acids is 1. The summed E-state index contributed by atoms with van der Waals surface area (Å²) in [5.74, 6) is 1.06. The number of rotatable bonds is 7. The number of imidazole rings is 1. The first-order chi connectivity index (χ1) is 9.72. The number of methoxy groups -OCH3 is 1. The Labute approximate surface area is 117 Å². The summed E-state index contributed by atoms with van der Waals surface area (Å²) in [5.41, 5.74) is 1.09. The number of carbonyl (C=O) groups is 1. The number of nitrogens with zero attached hydrogens (tertiary/aromatic N) is 2. The highest BCUT2D eigenvalue weighted by atomic mass is 16.5. The molecule has 2 heterocycles. The molecule has 1 N–H and O–H groups in total. The second kappa shape index (κ2) is 6.91. The molecule has 0 saturated heterocycles. The third-order valence-corrected chi connectivity index (χ3v) is 3.04. The number of aromatic nitrogens is 2. The van der Waals surface area contributed by atoms with Crippen molar-refractivity contribution in [1.82, 2.24) is 14.9 Å². The van der Waals surface area contributed by atoms with Crippen molar-refractivity contribution in [3.8, 4) is 0 Å². The molecule has 0 spiro atoms. The summed E-state index contributed by atoms with van der Waals surface area (Å²) in [6.07, 6.45) is 3.99. The summed E-state index contributed by atoms with van der Waals surface area (Å²) < 4.78 is 12.2. The maximum Gasteiger partial charge on any atom is 0.286 e. The van der Waals surface area contributed by atoms with E-state index in [0.29, 0.717) is 25.3 Å². The number of hydrogen-bond donors (Lipinski definition) is 1. The summed E-state index contributed by atoms with van der Waals surface area (Å²) >= 11 is 0. The lowest BCUT2D eigenvalue weighted by Gasteiger charge is -2.09. The molecule has 2 rings (SSSR count). The van der Waals surface area contributed by atoms with E-state index in [2.05, 4.69) is 14.9 Å². The van der Waals surface area contributed by atoms with Gasteiger partial charge in [-0.15, -0.1) is 0 Å². The molecule has 2 aromatic heterocycles. The fraction of sp³-hybridized carbons (Fsp3) is 0.429. The van der Waals surface area contributed by atoms with Gasteiger partial charge in [-0.3, -0.25) is 4.79 Å². The van der Waals surface area contributed by atoms with Crippen molar-refractivity contribution in [1.29, 1.82) is 0 Å². The van der Waals surface area contributed by atoms with Gasteiger partial charge in [0, 0.05) is 38.5 Å². The quantitative estimate of drug-likeness (QED) is 0.830. The van der Waals surface area contributed by atoms with Crippen LogP contribution in [0.25, 0.3) is 0 Å². The Kier molecular flexibility index (Phi) is 4.95. The summed E-state index contributed by atoms with van der Waals surface area (Å²) in [7, 11) is 1.68. The van der Waals surface area contributed by atoms with Crippen LogP contribution in [0.4, 0.5) is 0 Å². The molecular formula is C14H19N3O3. The van der Waals surface area contributed by atoms with E-state index < -0.39 is 0 Å². The molecule has 2 aromatic rings. The van der Waals surface area contributed by atoms with Crippen LogP contribution in [0.5, 0.6) is 0 Å². The molecule has 0 aliphatic carbocycles. The van der Waals surface area contributed by atoms with Crippen molar-refractivity contribution >= 4 is 5.91 Å². The van der Waals surface area contributed by atoms with E-state index in [1.54, 1.807) is 19.2 Å². The van der Waals surface area contributed by atoms with Crippen LogP contribution in [0.15, 0.2) is 29.0 Å². The number of ether oxygens (including phenoxy) is 1. The zero-order chi connectivity index (χ0) is 14.4. The van der Waals surface area contributed by atoms with Crippen molar-refractivity contribution < 1.29 is 13.9 Å². The normalized spacial score (nSPS) is 10.7. The smallest absolute Gasteiger partial charge is 0.286 e. The number of furan rings is 1. The Hall–Kier alpha value is -2.08. The molecule has 0 radical (unpaired) electrons. The lowest BCUT2D eigenvalue weighted by atomic mass is 10.3. The molecular weight excluding hydrogens is 258 g/mol. The van der Waals surface area contributed by atoms with E-state index in [9.17, 15) is 4.79 Å². The number of aryl methyl sites for hydroxylation is 1. The highest BCUT2D eigenvalue weighted by molar-refractivity contribution is 5.91. The van der Waals surface area contributed by atoms with Gasteiger partial charge in [-0.1, -0.05) is 0 Å². The van der Waals surface area contributed by atoms with Crippen molar-refractivity contribution in [3.05, 3.63) is 41.9 Å². The summed E-state index contributed by atoms with van der Waals surface area (Å²) in [5, 5.41) is 2.81. The minimum atomic E-state index is -0.207. The minimum Gasteiger partial charge on any atom is -0.459 e. The van der Waals surface area contributed by atoms with Gasteiger partial charge in [0.05, 0.1) is 12.9 Å². The molecule has 0 aromatic carbocycles. The van der Waals surface area contributed by atoms with E-state index in [-0.39, 0.29) is 5.91 Å². The lowest BCUT2D eigenvalue weighted by molar-refractivity contribution is 0.0926. The maximum atomic E-state index is 11.7. The molecule has 108 valence electrons. The van der Waals surface area contributed by atoms with Gasteiger partial charge >= 0.3 is 0 Å². The van der Waals surface area contributed by atoms with Crippen LogP contribution in [0, 0.1) is 6.92 Å². The average Bonchev–Trinajstić information content (AvgIpc) is 3.07. The molecule has 1 amide bonds. The zero-order valence-electron chi connectivity index (χ0n) is 11.8. The Morgan fingerprint density at radius 3 is 3.10 bits per heavy atom. The largest absolute Gasteiger partial charge is 0.459 e. The topological polar surface area (TPSA) is 69.3 Å². The first kappa shape index (κ1) is 14.3. The second-order valence-electron chi connectivity index (χ2n) is 4.44. The van der Waals surface area contributed by atoms with Crippen LogP contribution < -0.4 is 5.32 Å². The van der Waals surface area contributed by atoms with Gasteiger partial charge in [0.2, 0.25) is 0 Å². The predicted octanol–water partition coefficient (Wildman–Crippen LogP) is 1.40. The molecule has 0 unspecified atom stereocenters. The predicted molar refractivity (Wildman–Crippen MR) is 73.6 cm³/mol. The van der Waals surface area contributed by atoms with Crippen LogP contribution in [-0.4, -0.2) is 35.7 Å². The fourth-order valence-corrected chi connectivity index (χ4v) is 1.98. The Morgan fingerprint density at radius 1 is 1.55 bits per heavy atom. The summed E-state index contributed by atoms with van der Waals surface area (Å²) in [4.78, 5) is 16.1. The van der Waals surface area contributed by atoms with Crippen molar-refractivity contribution in [2.45, 2.75) is 19.9 Å². The van der Waals surface area contributed by atoms with E-state index >= 15 is 0 Å². The molecule has 6 heteroatoms. The fourth-order valence-electron chi connectivity index (χ4n) is 1.98. The third-order valence-electron chi connectivity index (χ3n) is 3.04. The van der Waals surface area contributed by atoms with Crippen LogP contribution >= 0.6 is 0 Å². The maximum absolute atomic E-state index is 11.7. The van der Waals surface area contributed by atoms with Gasteiger partial charge in [0.25, 0.3) is 5.91 Å². The standard InChI is InChI=1S/C14H19N3O3/c1-11-10-16-13(17(11)7-9-19-2)5-6-15-14(18)12-4-3-8-20-12/h3-4,8,10H,5-7,9H2,1-2H3,(H,15,18). The van der Waals surface area contributed by atoms with Gasteiger partial charge < -0.3 is 19.0 Å². The Balaban J connectivity index is 1.86. The number of amides is 1. The van der Waals surface area contributed by atoms with Gasteiger partial charge in [-0.25, -0.2) is 4.98 Å². The zero-order valence-corrected chi connectivity index (χ0v) is 11.8. The summed E-state index contributed by atoms with van der Waals surface area (Å²) in [6.45, 7) is 3.93. The molecule has 0 saturated carbocycles. The van der Waals surface area contributed by atoms with E-state index in [1.807, 2.05) is 13.1 Å². The monoisotopic (exact) mass is 277 g/mol. The van der Waals surface area contributed by atoms with Gasteiger partial charge in [-0.05, 0) is 19.1 Å². The van der Waals surface area contributed by atoms with Crippen LogP contribution in [0.2, 0.25) is 0 Å². The molecule has 0 aliphatic rings. The van der Waals surface area contributed by atoms with Crippen LogP contribution in [0.1, 0.15) is 22.1 Å². The van der Waals surface area contributed by atoms with Crippen molar-refractivity contribution in [2.75, 3.05) is 20.3 Å². The van der Waals surface area contributed by atoms with Crippen LogP contribution in [-0.2, 0) is 17.7 Å². The Bertz CT molecular complexity index is 546. The number of nitrogens with one attached hydrogen (secondary N) is 1. The van der Waals surface area contributed by atoms with Crippen molar-refractivity contribution in [3.63, 3.8) is 0 Å². The van der Waals surface area contributed by atoms with Gasteiger partial charge in [0.15, 0.2) is 5.76 Å². The third kappa shape index (κ3) is 3.48. The average molecular weight is 277 g/mol. The van der Waals surface area contributed by atoms with E-state index in [4.69, 9.17) is 9.15 Å². The summed E-state index contributed by atoms with van der Waals surface area (Å²) in [6, 6.07) is 3.33. The first-order valence-corrected chi connectivity index (χ1v) is 6.54. The highest BCUT2D eigenvalue weighted by Crippen LogP contribution is 2.05. The molecule has 6 nitrogen and oxygen atoms in total. The van der Waals surface area contributed by atoms with Crippen molar-refractivity contribution in [2.24, 2.45) is 0 Å². The van der Waals surface area contributed by atoms with E-state index in [1.165, 1.54) is 6.26 Å². The molecule has 20 heavy (non-hydrogen) atoms. The molecule has 0 bridgehead atoms.